The lowest BCUT2D eigenvalue weighted by Crippen LogP contribution is -2.08. The van der Waals surface area contributed by atoms with Crippen molar-refractivity contribution in [2.24, 2.45) is 0 Å². The molecule has 1 unspecified atom stereocenters. The average Bonchev–Trinajstić information content (AvgIpc) is 2.38. The first kappa shape index (κ1) is 13.9. The van der Waals surface area contributed by atoms with Crippen LogP contribution >= 0.6 is 39.1 Å². The zero-order chi connectivity index (χ0) is 15.8. The highest BCUT2D eigenvalue weighted by Gasteiger charge is 2.19. The van der Waals surface area contributed by atoms with Crippen LogP contribution in [0.1, 0.15) is 19.9 Å². The first-order chi connectivity index (χ1) is 9.72. The maximum Gasteiger partial charge on any atom is 0.166 e. The van der Waals surface area contributed by atoms with Gasteiger partial charge in [0.15, 0.2) is 11.6 Å². The number of ether oxygens (including phenoxy) is 1. The second kappa shape index (κ2) is 6.16. The number of rotatable bonds is 3. The molecule has 2 rings (SSSR count). The average molecular weight is 381 g/mol. The molecule has 1 aromatic heterocycles. The summed E-state index contributed by atoms with van der Waals surface area (Å²) in [6, 6.07) is 3.99. The number of nitrogens with zero attached hydrogens (tertiary/aromatic N) is 1. The highest BCUT2D eigenvalue weighted by atomic mass is 79.9. The number of benzene rings is 1. The minimum atomic E-state index is -1.74. The number of nitrogen functional groups attached to an aromatic ring is 1. The molecule has 20 heavy (non-hydrogen) atoms. The monoisotopic (exact) mass is 379 g/mol. The van der Waals surface area contributed by atoms with Crippen LogP contribution in [-0.2, 0) is 0 Å². The second-order valence-electron chi connectivity index (χ2n) is 3.91. The third-order valence-corrected chi connectivity index (χ3v) is 3.63. The first-order valence-electron chi connectivity index (χ1n) is 5.96. The zero-order valence-corrected chi connectivity index (χ0v) is 13.4. The molecule has 0 saturated carbocycles. The number of anilines is 1. The molecule has 0 amide bonds. The van der Waals surface area contributed by atoms with Crippen LogP contribution in [0.25, 0.3) is 0 Å². The summed E-state index contributed by atoms with van der Waals surface area (Å²) in [6.07, 6.45) is -0.252. The largest absolute Gasteiger partial charge is 0.482 e. The van der Waals surface area contributed by atoms with Crippen molar-refractivity contribution in [3.8, 4) is 5.75 Å². The van der Waals surface area contributed by atoms with Gasteiger partial charge in [0.1, 0.15) is 11.9 Å². The van der Waals surface area contributed by atoms with E-state index >= 15 is 0 Å². The fourth-order valence-corrected chi connectivity index (χ4v) is 2.53. The highest BCUT2D eigenvalue weighted by Crippen LogP contribution is 2.36. The molecular weight excluding hydrogens is 370 g/mol. The van der Waals surface area contributed by atoms with Gasteiger partial charge in [0, 0.05) is 21.3 Å². The molecule has 0 spiro atoms. The van der Waals surface area contributed by atoms with Crippen LogP contribution in [-0.4, -0.2) is 4.98 Å². The summed E-state index contributed by atoms with van der Waals surface area (Å²) >= 11 is 15.2. The van der Waals surface area contributed by atoms with Crippen LogP contribution in [0.2, 0.25) is 10.0 Å². The van der Waals surface area contributed by atoms with Gasteiger partial charge in [0.05, 0.1) is 6.39 Å². The van der Waals surface area contributed by atoms with Crippen LogP contribution < -0.4 is 10.5 Å². The topological polar surface area (TPSA) is 48.1 Å². The Morgan fingerprint density at radius 1 is 1.50 bits per heavy atom. The molecule has 1 aromatic carbocycles. The van der Waals surface area contributed by atoms with E-state index in [0.717, 1.165) is 6.07 Å². The van der Waals surface area contributed by atoms with E-state index in [9.17, 15) is 4.39 Å². The van der Waals surface area contributed by atoms with Crippen molar-refractivity contribution in [3.63, 3.8) is 0 Å². The minimum Gasteiger partial charge on any atom is -0.482 e. The molecule has 106 valence electrons. The fourth-order valence-electron chi connectivity index (χ4n) is 1.58. The van der Waals surface area contributed by atoms with Crippen LogP contribution in [0.3, 0.4) is 0 Å². The zero-order valence-electron chi connectivity index (χ0n) is 11.3. The number of pyridine rings is 1. The molecule has 3 nitrogen and oxygen atoms in total. The first-order valence-corrected chi connectivity index (χ1v) is 7.01. The van der Waals surface area contributed by atoms with Gasteiger partial charge in [0.25, 0.3) is 0 Å². The number of aromatic nitrogens is 1. The number of hydrogen-bond acceptors (Lipinski definition) is 3. The SMILES string of the molecule is [2H]C(C)(Oc1cc(Br)cnc1N)c1c(Cl)ccc(F)c1Cl. The molecule has 0 aliphatic rings. The van der Waals surface area contributed by atoms with Crippen molar-refractivity contribution < 1.29 is 10.5 Å². The van der Waals surface area contributed by atoms with E-state index < -0.39 is 11.9 Å². The van der Waals surface area contributed by atoms with Gasteiger partial charge >= 0.3 is 0 Å². The summed E-state index contributed by atoms with van der Waals surface area (Å²) in [4.78, 5) is 3.90. The Bertz CT molecular complexity index is 700. The van der Waals surface area contributed by atoms with Gasteiger partial charge in [-0.25, -0.2) is 9.37 Å². The molecule has 1 atom stereocenters. The van der Waals surface area contributed by atoms with E-state index in [4.69, 9.17) is 35.0 Å². The van der Waals surface area contributed by atoms with Gasteiger partial charge in [-0.2, -0.15) is 0 Å². The summed E-state index contributed by atoms with van der Waals surface area (Å²) in [7, 11) is 0. The van der Waals surface area contributed by atoms with Crippen LogP contribution in [0.15, 0.2) is 28.9 Å². The van der Waals surface area contributed by atoms with E-state index in [1.54, 1.807) is 6.07 Å². The van der Waals surface area contributed by atoms with Gasteiger partial charge in [0.2, 0.25) is 0 Å². The summed E-state index contributed by atoms with van der Waals surface area (Å²) < 4.78 is 28.0. The Balaban J connectivity index is 2.48. The third kappa shape index (κ3) is 3.16. The second-order valence-corrected chi connectivity index (χ2v) is 5.61. The molecule has 0 saturated heterocycles. The lowest BCUT2D eigenvalue weighted by atomic mass is 10.1. The fraction of sp³-hybridized carbons (Fsp3) is 0.154. The maximum atomic E-state index is 13.6. The quantitative estimate of drug-likeness (QED) is 0.761. The predicted molar refractivity (Wildman–Crippen MR) is 81.8 cm³/mol. The molecule has 0 radical (unpaired) electrons. The Morgan fingerprint density at radius 3 is 2.90 bits per heavy atom. The van der Waals surface area contributed by atoms with Crippen LogP contribution in [0.4, 0.5) is 10.2 Å². The number of hydrogen-bond donors (Lipinski definition) is 1. The number of halogens is 4. The maximum absolute atomic E-state index is 13.6. The minimum absolute atomic E-state index is 0.0187. The lowest BCUT2D eigenvalue weighted by Gasteiger charge is -2.18. The molecule has 0 aliphatic carbocycles. The molecular formula is C13H10BrCl2FN2O. The van der Waals surface area contributed by atoms with Crippen LogP contribution in [0.5, 0.6) is 5.75 Å². The molecule has 0 bridgehead atoms. The summed E-state index contributed by atoms with van der Waals surface area (Å²) in [6.45, 7) is 1.39. The third-order valence-electron chi connectivity index (χ3n) is 2.51. The van der Waals surface area contributed by atoms with Crippen molar-refractivity contribution in [1.82, 2.24) is 4.98 Å². The molecule has 0 aliphatic heterocycles. The molecule has 1 heterocycles. The lowest BCUT2D eigenvalue weighted by molar-refractivity contribution is 0.227. The Morgan fingerprint density at radius 2 is 2.20 bits per heavy atom. The van der Waals surface area contributed by atoms with Crippen molar-refractivity contribution in [2.45, 2.75) is 13.0 Å². The Hall–Kier alpha value is -1.04. The van der Waals surface area contributed by atoms with Crippen molar-refractivity contribution in [2.75, 3.05) is 5.73 Å². The van der Waals surface area contributed by atoms with E-state index in [1.807, 2.05) is 0 Å². The van der Waals surface area contributed by atoms with Gasteiger partial charge in [-0.15, -0.1) is 0 Å². The normalized spacial score (nSPS) is 14.6. The van der Waals surface area contributed by atoms with E-state index in [-0.39, 0.29) is 27.2 Å². The predicted octanol–water partition coefficient (Wildman–Crippen LogP) is 5.01. The van der Waals surface area contributed by atoms with E-state index in [1.165, 1.54) is 19.2 Å². The van der Waals surface area contributed by atoms with E-state index in [0.29, 0.717) is 4.47 Å². The standard InChI is InChI=1S/C13H10BrCl2FN2O/c1-6(11-8(15)2-3-9(17)12(11)16)20-10-4-7(14)5-19-13(10)18/h2-6H,1H3,(H2,18,19)/i6D. The van der Waals surface area contributed by atoms with Crippen molar-refractivity contribution in [1.29, 1.82) is 0 Å². The van der Waals surface area contributed by atoms with Gasteiger partial charge in [-0.05, 0) is 41.1 Å². The van der Waals surface area contributed by atoms with Gasteiger partial charge in [-0.1, -0.05) is 23.2 Å². The van der Waals surface area contributed by atoms with E-state index in [2.05, 4.69) is 20.9 Å². The summed E-state index contributed by atoms with van der Waals surface area (Å²) in [5, 5.41) is -0.137. The highest BCUT2D eigenvalue weighted by molar-refractivity contribution is 9.10. The number of nitrogens with two attached hydrogens (primary N) is 1. The van der Waals surface area contributed by atoms with Gasteiger partial charge in [-0.3, -0.25) is 0 Å². The van der Waals surface area contributed by atoms with Crippen LogP contribution in [0, 0.1) is 5.82 Å². The van der Waals surface area contributed by atoms with Crippen molar-refractivity contribution >= 4 is 44.9 Å². The Kier molecular flexibility index (Phi) is 4.29. The summed E-state index contributed by atoms with van der Waals surface area (Å²) in [5.41, 5.74) is 5.72. The smallest absolute Gasteiger partial charge is 0.166 e. The molecule has 2 aromatic rings. The molecule has 7 heteroatoms. The molecule has 0 fully saturated rings. The Labute approximate surface area is 135 Å². The van der Waals surface area contributed by atoms with Gasteiger partial charge < -0.3 is 10.5 Å². The van der Waals surface area contributed by atoms with Crippen molar-refractivity contribution in [3.05, 3.63) is 50.3 Å². The summed E-state index contributed by atoms with van der Waals surface area (Å²) in [5.74, 6) is -0.419. The molecule has 2 N–H and O–H groups in total.